The van der Waals surface area contributed by atoms with Crippen LogP contribution < -0.4 is 0 Å². The summed E-state index contributed by atoms with van der Waals surface area (Å²) in [7, 11) is 0. The molecule has 0 saturated heterocycles. The van der Waals surface area contributed by atoms with Crippen LogP contribution in [0.1, 0.15) is 18.4 Å². The van der Waals surface area contributed by atoms with E-state index in [-0.39, 0.29) is 0 Å². The van der Waals surface area contributed by atoms with Crippen LogP contribution in [0.3, 0.4) is 0 Å². The van der Waals surface area contributed by atoms with Gasteiger partial charge in [0.1, 0.15) is 0 Å². The second-order valence-corrected chi connectivity index (χ2v) is 14.9. The van der Waals surface area contributed by atoms with Crippen LogP contribution in [-0.4, -0.2) is 15.0 Å². The Morgan fingerprint density at radius 3 is 1.56 bits per heavy atom. The maximum atomic E-state index is 5.10. The van der Waals surface area contributed by atoms with E-state index in [1.807, 2.05) is 22.7 Å². The number of hydrogen-bond donors (Lipinski definition) is 0. The number of nitrogens with zero attached hydrogens (tertiary/aromatic N) is 3. The van der Waals surface area contributed by atoms with Gasteiger partial charge in [-0.15, -0.1) is 22.7 Å². The monoisotopic (exact) mass is 675 g/mol. The summed E-state index contributed by atoms with van der Waals surface area (Å²) < 4.78 is 5.13. The van der Waals surface area contributed by atoms with Crippen LogP contribution in [0.5, 0.6) is 0 Å². The molecule has 1 aliphatic carbocycles. The van der Waals surface area contributed by atoms with Crippen LogP contribution in [0.25, 0.3) is 91.2 Å². The Kier molecular flexibility index (Phi) is 7.00. The Bertz CT molecular complexity index is 2820. The molecule has 0 amide bonds. The minimum absolute atomic E-state index is 0.662. The number of aromatic nitrogens is 3. The molecule has 0 N–H and O–H groups in total. The van der Waals surface area contributed by atoms with E-state index < -0.39 is 0 Å². The average Bonchev–Trinajstić information content (AvgIpc) is 3.76. The quantitative estimate of drug-likeness (QED) is 0.182. The lowest BCUT2D eigenvalue weighted by atomic mass is 9.98. The van der Waals surface area contributed by atoms with Gasteiger partial charge in [-0.2, -0.15) is 0 Å². The highest BCUT2D eigenvalue weighted by molar-refractivity contribution is 7.26. The molecule has 5 heteroatoms. The summed E-state index contributed by atoms with van der Waals surface area (Å²) in [4.78, 5) is 15.3. The largest absolute Gasteiger partial charge is 0.208 e. The van der Waals surface area contributed by atoms with Gasteiger partial charge in [0.15, 0.2) is 17.5 Å². The molecule has 3 heterocycles. The minimum atomic E-state index is 0.662. The smallest absolute Gasteiger partial charge is 0.164 e. The molecule has 50 heavy (non-hydrogen) atoms. The van der Waals surface area contributed by atoms with Gasteiger partial charge < -0.3 is 0 Å². The molecule has 0 spiro atoms. The molecular formula is C45H29N3S2. The minimum Gasteiger partial charge on any atom is -0.208 e. The fourth-order valence-corrected chi connectivity index (χ4v) is 9.30. The van der Waals surface area contributed by atoms with Crippen LogP contribution >= 0.6 is 22.7 Å². The molecule has 0 bridgehead atoms. The molecule has 3 aromatic heterocycles. The summed E-state index contributed by atoms with van der Waals surface area (Å²) in [6.07, 6.45) is 8.92. The molecular weight excluding hydrogens is 647 g/mol. The third kappa shape index (κ3) is 5.14. The van der Waals surface area contributed by atoms with Crippen molar-refractivity contribution in [1.82, 2.24) is 15.0 Å². The Labute approximate surface area is 297 Å². The summed E-state index contributed by atoms with van der Waals surface area (Å²) in [5.41, 5.74) is 7.70. The number of thiophene rings is 2. The van der Waals surface area contributed by atoms with Gasteiger partial charge in [0.25, 0.3) is 0 Å². The van der Waals surface area contributed by atoms with Crippen molar-refractivity contribution in [2.45, 2.75) is 12.8 Å². The molecule has 0 saturated carbocycles. The van der Waals surface area contributed by atoms with Gasteiger partial charge in [-0.3, -0.25) is 0 Å². The zero-order chi connectivity index (χ0) is 33.0. The van der Waals surface area contributed by atoms with Gasteiger partial charge in [-0.25, -0.2) is 15.0 Å². The summed E-state index contributed by atoms with van der Waals surface area (Å²) >= 11 is 3.65. The van der Waals surface area contributed by atoms with E-state index in [2.05, 4.69) is 152 Å². The van der Waals surface area contributed by atoms with Gasteiger partial charge in [0.05, 0.1) is 0 Å². The van der Waals surface area contributed by atoms with Crippen molar-refractivity contribution < 1.29 is 0 Å². The molecule has 0 unspecified atom stereocenters. The van der Waals surface area contributed by atoms with Crippen LogP contribution in [0.2, 0.25) is 0 Å². The molecule has 9 aromatic rings. The molecule has 0 fully saturated rings. The standard InChI is InChI=1S/C45H29N3S2/c1-2-9-28(10-3-1)31-11-8-12-33(25-31)44-46-43(47-45(48-44)34-22-24-38-36-14-5-7-16-40(36)50-42(38)27-34)30-19-17-29(18-20-30)32-21-23-37-35-13-4-6-15-39(35)49-41(37)26-32/h2,4-27H,1,3H2. The Balaban J connectivity index is 1.07. The Morgan fingerprint density at radius 1 is 0.380 bits per heavy atom. The highest BCUT2D eigenvalue weighted by Crippen LogP contribution is 2.38. The van der Waals surface area contributed by atoms with Gasteiger partial charge in [0, 0.05) is 57.0 Å². The van der Waals surface area contributed by atoms with Crippen LogP contribution in [0.4, 0.5) is 0 Å². The zero-order valence-corrected chi connectivity index (χ0v) is 28.6. The van der Waals surface area contributed by atoms with E-state index in [0.717, 1.165) is 29.5 Å². The predicted molar refractivity (Wildman–Crippen MR) is 214 cm³/mol. The lowest BCUT2D eigenvalue weighted by molar-refractivity contribution is 1.04. The van der Waals surface area contributed by atoms with E-state index in [4.69, 9.17) is 15.0 Å². The number of rotatable bonds is 5. The van der Waals surface area contributed by atoms with E-state index in [1.165, 1.54) is 62.6 Å². The molecule has 0 aliphatic heterocycles. The van der Waals surface area contributed by atoms with Crippen molar-refractivity contribution in [2.75, 3.05) is 0 Å². The highest BCUT2D eigenvalue weighted by atomic mass is 32.1. The van der Waals surface area contributed by atoms with Crippen molar-refractivity contribution in [2.24, 2.45) is 0 Å². The first-order valence-corrected chi connectivity index (χ1v) is 18.5. The number of benzene rings is 6. The van der Waals surface area contributed by atoms with Gasteiger partial charge in [-0.05, 0) is 65.4 Å². The van der Waals surface area contributed by atoms with Crippen molar-refractivity contribution in [3.05, 3.63) is 157 Å². The third-order valence-corrected chi connectivity index (χ3v) is 11.8. The lowest BCUT2D eigenvalue weighted by Gasteiger charge is -2.11. The molecule has 1 aliphatic rings. The summed E-state index contributed by atoms with van der Waals surface area (Å²) in [5.74, 6) is 2.00. The predicted octanol–water partition coefficient (Wildman–Crippen LogP) is 13.0. The van der Waals surface area contributed by atoms with E-state index in [0.29, 0.717) is 17.5 Å². The zero-order valence-electron chi connectivity index (χ0n) is 27.0. The van der Waals surface area contributed by atoms with Crippen LogP contribution in [-0.2, 0) is 0 Å². The van der Waals surface area contributed by atoms with Crippen molar-refractivity contribution in [3.8, 4) is 45.3 Å². The second kappa shape index (κ2) is 12.0. The van der Waals surface area contributed by atoms with Crippen LogP contribution in [0.15, 0.2) is 152 Å². The first kappa shape index (κ1) is 29.2. The van der Waals surface area contributed by atoms with E-state index in [1.54, 1.807) is 0 Å². The maximum absolute atomic E-state index is 5.10. The van der Waals surface area contributed by atoms with E-state index >= 15 is 0 Å². The number of fused-ring (bicyclic) bond motifs is 6. The van der Waals surface area contributed by atoms with E-state index in [9.17, 15) is 0 Å². The van der Waals surface area contributed by atoms with Gasteiger partial charge in [0.2, 0.25) is 0 Å². The molecule has 236 valence electrons. The fraction of sp³-hybridized carbons (Fsp3) is 0.0444. The SMILES string of the molecule is C1=CC(c2cccc(-c3nc(-c4ccc(-c5ccc6c(c5)sc5ccccc56)cc4)nc(-c4ccc5c(c4)sc4ccccc45)n3)c2)=CCC1. The maximum Gasteiger partial charge on any atom is 0.164 e. The molecule has 0 radical (unpaired) electrons. The third-order valence-electron chi connectivity index (χ3n) is 9.58. The fourth-order valence-electron chi connectivity index (χ4n) is 7.01. The average molecular weight is 676 g/mol. The lowest BCUT2D eigenvalue weighted by Crippen LogP contribution is -2.00. The van der Waals surface area contributed by atoms with Crippen molar-refractivity contribution in [3.63, 3.8) is 0 Å². The number of allylic oxidation sites excluding steroid dienone is 4. The first-order valence-electron chi connectivity index (χ1n) is 16.9. The normalized spacial score (nSPS) is 13.1. The van der Waals surface area contributed by atoms with Crippen molar-refractivity contribution in [1.29, 1.82) is 0 Å². The van der Waals surface area contributed by atoms with Crippen molar-refractivity contribution >= 4 is 68.6 Å². The first-order chi connectivity index (χ1) is 24.7. The number of hydrogen-bond acceptors (Lipinski definition) is 5. The highest BCUT2D eigenvalue weighted by Gasteiger charge is 2.16. The summed E-state index contributed by atoms with van der Waals surface area (Å²) in [5, 5.41) is 5.17. The Hall–Kier alpha value is -5.75. The summed E-state index contributed by atoms with van der Waals surface area (Å²) in [6.45, 7) is 0. The Morgan fingerprint density at radius 2 is 0.900 bits per heavy atom. The van der Waals surface area contributed by atoms with Gasteiger partial charge >= 0.3 is 0 Å². The molecule has 6 aromatic carbocycles. The van der Waals surface area contributed by atoms with Crippen LogP contribution in [0, 0.1) is 0 Å². The summed E-state index contributed by atoms with van der Waals surface area (Å²) in [6, 6.07) is 47.8. The molecule has 3 nitrogen and oxygen atoms in total. The molecule has 10 rings (SSSR count). The topological polar surface area (TPSA) is 38.7 Å². The second-order valence-electron chi connectivity index (χ2n) is 12.7. The molecule has 0 atom stereocenters. The van der Waals surface area contributed by atoms with Gasteiger partial charge in [-0.1, -0.05) is 121 Å².